The van der Waals surface area contributed by atoms with E-state index in [-0.39, 0.29) is 24.6 Å². The Labute approximate surface area is 159 Å². The summed E-state index contributed by atoms with van der Waals surface area (Å²) >= 11 is 0. The molecule has 2 fully saturated rings. The van der Waals surface area contributed by atoms with Gasteiger partial charge in [0.1, 0.15) is 5.75 Å². The van der Waals surface area contributed by atoms with E-state index in [0.29, 0.717) is 44.3 Å². The summed E-state index contributed by atoms with van der Waals surface area (Å²) in [4.78, 5) is 28.0. The van der Waals surface area contributed by atoms with Crippen LogP contribution in [0.15, 0.2) is 24.3 Å². The molecule has 8 heteroatoms. The Bertz CT molecular complexity index is 631. The van der Waals surface area contributed by atoms with Crippen molar-refractivity contribution in [3.05, 3.63) is 24.3 Å². The molecule has 0 spiro atoms. The molecule has 1 atom stereocenters. The number of nitrogens with one attached hydrogen (secondary N) is 1. The Morgan fingerprint density at radius 3 is 2.59 bits per heavy atom. The second-order valence-corrected chi connectivity index (χ2v) is 6.68. The maximum atomic E-state index is 12.4. The zero-order valence-corrected chi connectivity index (χ0v) is 15.7. The van der Waals surface area contributed by atoms with Gasteiger partial charge in [0.15, 0.2) is 6.61 Å². The van der Waals surface area contributed by atoms with Crippen molar-refractivity contribution < 1.29 is 23.8 Å². The first-order valence-corrected chi connectivity index (χ1v) is 9.33. The highest BCUT2D eigenvalue weighted by Gasteiger charge is 2.23. The lowest BCUT2D eigenvalue weighted by Crippen LogP contribution is -2.44. The van der Waals surface area contributed by atoms with Crippen molar-refractivity contribution in [2.24, 2.45) is 0 Å². The number of nitrogens with zero attached hydrogens (tertiary/aromatic N) is 2. The van der Waals surface area contributed by atoms with Crippen molar-refractivity contribution in [1.82, 2.24) is 9.80 Å². The molecule has 0 radical (unpaired) electrons. The number of anilines is 1. The molecule has 8 nitrogen and oxygen atoms in total. The lowest BCUT2D eigenvalue weighted by molar-refractivity contribution is -0.137. The standard InChI is InChI=1S/C19H27N3O5/c1-25-17-3-2-8-22(13-17)19(24)20-15-4-6-16(7-5-15)27-14-18(23)21-9-11-26-12-10-21/h4-7,17H,2-3,8-14H2,1H3,(H,20,24). The molecule has 2 aliphatic heterocycles. The summed E-state index contributed by atoms with van der Waals surface area (Å²) in [5.74, 6) is 0.542. The van der Waals surface area contributed by atoms with E-state index in [0.717, 1.165) is 19.4 Å². The number of benzene rings is 1. The van der Waals surface area contributed by atoms with E-state index in [1.165, 1.54) is 0 Å². The van der Waals surface area contributed by atoms with Gasteiger partial charge in [0.25, 0.3) is 5.91 Å². The van der Waals surface area contributed by atoms with E-state index in [4.69, 9.17) is 14.2 Å². The molecule has 0 aromatic heterocycles. The molecule has 1 unspecified atom stereocenters. The highest BCUT2D eigenvalue weighted by Crippen LogP contribution is 2.18. The quantitative estimate of drug-likeness (QED) is 0.842. The molecule has 0 aliphatic carbocycles. The van der Waals surface area contributed by atoms with Gasteiger partial charge in [-0.1, -0.05) is 0 Å². The van der Waals surface area contributed by atoms with E-state index in [1.807, 2.05) is 0 Å². The summed E-state index contributed by atoms with van der Waals surface area (Å²) in [6.07, 6.45) is 2.02. The van der Waals surface area contributed by atoms with Gasteiger partial charge in [0.2, 0.25) is 0 Å². The number of methoxy groups -OCH3 is 1. The Balaban J connectivity index is 1.45. The summed E-state index contributed by atoms with van der Waals surface area (Å²) in [6, 6.07) is 6.90. The average Bonchev–Trinajstić information content (AvgIpc) is 2.73. The van der Waals surface area contributed by atoms with Crippen molar-refractivity contribution in [1.29, 1.82) is 0 Å². The Morgan fingerprint density at radius 2 is 1.89 bits per heavy atom. The monoisotopic (exact) mass is 377 g/mol. The third kappa shape index (κ3) is 5.58. The number of piperidine rings is 1. The third-order valence-corrected chi connectivity index (χ3v) is 4.83. The first-order chi connectivity index (χ1) is 13.2. The minimum Gasteiger partial charge on any atom is -0.484 e. The predicted octanol–water partition coefficient (Wildman–Crippen LogP) is 1.57. The van der Waals surface area contributed by atoms with Crippen LogP contribution >= 0.6 is 0 Å². The molecule has 1 N–H and O–H groups in total. The van der Waals surface area contributed by atoms with Crippen LogP contribution in [0.25, 0.3) is 0 Å². The summed E-state index contributed by atoms with van der Waals surface area (Å²) in [7, 11) is 1.68. The van der Waals surface area contributed by atoms with E-state index in [1.54, 1.807) is 41.2 Å². The van der Waals surface area contributed by atoms with Crippen molar-refractivity contribution in [3.8, 4) is 5.75 Å². The molecule has 1 aromatic rings. The van der Waals surface area contributed by atoms with Gasteiger partial charge in [0, 0.05) is 39.0 Å². The van der Waals surface area contributed by atoms with Crippen molar-refractivity contribution in [3.63, 3.8) is 0 Å². The zero-order valence-electron chi connectivity index (χ0n) is 15.7. The van der Waals surface area contributed by atoms with Crippen LogP contribution in [0.5, 0.6) is 5.75 Å². The first kappa shape index (κ1) is 19.4. The third-order valence-electron chi connectivity index (χ3n) is 4.83. The van der Waals surface area contributed by atoms with E-state index in [9.17, 15) is 9.59 Å². The molecule has 3 amide bonds. The van der Waals surface area contributed by atoms with Crippen molar-refractivity contribution >= 4 is 17.6 Å². The number of rotatable bonds is 5. The Morgan fingerprint density at radius 1 is 1.15 bits per heavy atom. The van der Waals surface area contributed by atoms with Crippen LogP contribution in [-0.4, -0.2) is 81.0 Å². The minimum atomic E-state index is -0.132. The van der Waals surface area contributed by atoms with Crippen LogP contribution in [0.1, 0.15) is 12.8 Å². The molecular weight excluding hydrogens is 350 g/mol. The molecule has 148 valence electrons. The summed E-state index contributed by atoms with van der Waals surface area (Å²) < 4.78 is 16.1. The molecule has 2 aliphatic rings. The second kappa shape index (κ2) is 9.57. The number of hydrogen-bond acceptors (Lipinski definition) is 5. The van der Waals surface area contributed by atoms with Gasteiger partial charge in [-0.2, -0.15) is 0 Å². The van der Waals surface area contributed by atoms with E-state index < -0.39 is 0 Å². The number of carbonyl (C=O) groups excluding carboxylic acids is 2. The fourth-order valence-electron chi connectivity index (χ4n) is 3.20. The summed E-state index contributed by atoms with van der Waals surface area (Å²) in [6.45, 7) is 3.69. The number of amides is 3. The van der Waals surface area contributed by atoms with Crippen LogP contribution in [0, 0.1) is 0 Å². The minimum absolute atomic E-state index is 0.00209. The van der Waals surface area contributed by atoms with Crippen LogP contribution in [0.3, 0.4) is 0 Å². The number of carbonyl (C=O) groups is 2. The van der Waals surface area contributed by atoms with Crippen LogP contribution in [-0.2, 0) is 14.3 Å². The van der Waals surface area contributed by atoms with Gasteiger partial charge in [-0.25, -0.2) is 4.79 Å². The van der Waals surface area contributed by atoms with Gasteiger partial charge in [-0.05, 0) is 37.1 Å². The smallest absolute Gasteiger partial charge is 0.321 e. The summed E-state index contributed by atoms with van der Waals surface area (Å²) in [5, 5.41) is 2.89. The molecule has 0 saturated carbocycles. The normalized spacial score (nSPS) is 20.3. The maximum absolute atomic E-state index is 12.4. The number of urea groups is 1. The number of likely N-dealkylation sites (tertiary alicyclic amines) is 1. The van der Waals surface area contributed by atoms with Crippen molar-refractivity contribution in [2.45, 2.75) is 18.9 Å². The Hall–Kier alpha value is -2.32. The zero-order chi connectivity index (χ0) is 19.1. The van der Waals surface area contributed by atoms with Gasteiger partial charge < -0.3 is 29.3 Å². The lowest BCUT2D eigenvalue weighted by Gasteiger charge is -2.31. The highest BCUT2D eigenvalue weighted by atomic mass is 16.5. The lowest BCUT2D eigenvalue weighted by atomic mass is 10.1. The fourth-order valence-corrected chi connectivity index (χ4v) is 3.20. The Kier molecular flexibility index (Phi) is 6.89. The number of ether oxygens (including phenoxy) is 3. The largest absolute Gasteiger partial charge is 0.484 e. The van der Waals surface area contributed by atoms with E-state index >= 15 is 0 Å². The topological polar surface area (TPSA) is 80.3 Å². The van der Waals surface area contributed by atoms with Gasteiger partial charge in [0.05, 0.1) is 19.3 Å². The van der Waals surface area contributed by atoms with Crippen LogP contribution in [0.4, 0.5) is 10.5 Å². The average molecular weight is 377 g/mol. The first-order valence-electron chi connectivity index (χ1n) is 9.33. The predicted molar refractivity (Wildman–Crippen MR) is 100.0 cm³/mol. The molecule has 2 heterocycles. The fraction of sp³-hybridized carbons (Fsp3) is 0.579. The van der Waals surface area contributed by atoms with Gasteiger partial charge in [-0.15, -0.1) is 0 Å². The van der Waals surface area contributed by atoms with Gasteiger partial charge in [-0.3, -0.25) is 4.79 Å². The second-order valence-electron chi connectivity index (χ2n) is 6.68. The number of morpholine rings is 1. The molecular formula is C19H27N3O5. The van der Waals surface area contributed by atoms with Crippen molar-refractivity contribution in [2.75, 3.05) is 58.4 Å². The molecule has 0 bridgehead atoms. The SMILES string of the molecule is COC1CCCN(C(=O)Nc2ccc(OCC(=O)N3CCOCC3)cc2)C1. The van der Waals surface area contributed by atoms with Crippen LogP contribution < -0.4 is 10.1 Å². The van der Waals surface area contributed by atoms with Gasteiger partial charge >= 0.3 is 6.03 Å². The molecule has 3 rings (SSSR count). The highest BCUT2D eigenvalue weighted by molar-refractivity contribution is 5.89. The molecule has 1 aromatic carbocycles. The summed E-state index contributed by atoms with van der Waals surface area (Å²) in [5.41, 5.74) is 0.686. The molecule has 27 heavy (non-hydrogen) atoms. The van der Waals surface area contributed by atoms with Crippen LogP contribution in [0.2, 0.25) is 0 Å². The number of hydrogen-bond donors (Lipinski definition) is 1. The maximum Gasteiger partial charge on any atom is 0.321 e. The van der Waals surface area contributed by atoms with E-state index in [2.05, 4.69) is 5.32 Å². The molecule has 2 saturated heterocycles.